The molecule has 0 aliphatic rings. The number of hydrogen-bond acceptors (Lipinski definition) is 3. The van der Waals surface area contributed by atoms with Crippen LogP contribution in [-0.4, -0.2) is 21.6 Å². The van der Waals surface area contributed by atoms with Gasteiger partial charge in [0.1, 0.15) is 11.8 Å². The third kappa shape index (κ3) is 5.23. The van der Waals surface area contributed by atoms with E-state index in [2.05, 4.69) is 5.32 Å². The smallest absolute Gasteiger partial charge is 0.237 e. The Morgan fingerprint density at radius 3 is 2.79 bits per heavy atom. The van der Waals surface area contributed by atoms with E-state index in [1.54, 1.807) is 24.3 Å². The van der Waals surface area contributed by atoms with Gasteiger partial charge < -0.3 is 5.32 Å². The van der Waals surface area contributed by atoms with E-state index in [1.807, 2.05) is 19.9 Å². The van der Waals surface area contributed by atoms with E-state index in [-0.39, 0.29) is 11.7 Å². The zero-order valence-corrected chi connectivity index (χ0v) is 12.0. The number of carbonyl (C=O) groups is 1. The van der Waals surface area contributed by atoms with Gasteiger partial charge in [0.2, 0.25) is 5.91 Å². The SMILES string of the molecule is CCC(C)CS(=O)CC(=O)Nc1ccccc1C#N. The Morgan fingerprint density at radius 1 is 1.47 bits per heavy atom. The van der Waals surface area contributed by atoms with E-state index in [9.17, 15) is 9.00 Å². The number of nitriles is 1. The van der Waals surface area contributed by atoms with Gasteiger partial charge in [0.25, 0.3) is 0 Å². The Morgan fingerprint density at radius 2 is 2.16 bits per heavy atom. The highest BCUT2D eigenvalue weighted by molar-refractivity contribution is 7.85. The molecule has 1 amide bonds. The third-order valence-corrected chi connectivity index (χ3v) is 4.31. The molecule has 0 aliphatic carbocycles. The number of nitrogens with zero attached hydrogens (tertiary/aromatic N) is 1. The molecule has 2 atom stereocenters. The summed E-state index contributed by atoms with van der Waals surface area (Å²) in [4.78, 5) is 11.7. The average Bonchev–Trinajstić information content (AvgIpc) is 2.38. The largest absolute Gasteiger partial charge is 0.324 e. The normalized spacial score (nSPS) is 13.3. The minimum atomic E-state index is -1.16. The van der Waals surface area contributed by atoms with Gasteiger partial charge in [-0.05, 0) is 18.1 Å². The lowest BCUT2D eigenvalue weighted by molar-refractivity contribution is -0.113. The first-order valence-corrected chi connectivity index (χ1v) is 7.69. The molecule has 1 aromatic carbocycles. The van der Waals surface area contributed by atoms with Crippen molar-refractivity contribution in [3.8, 4) is 6.07 Å². The summed E-state index contributed by atoms with van der Waals surface area (Å²) in [7, 11) is -1.16. The molecule has 5 heteroatoms. The predicted octanol–water partition coefficient (Wildman–Crippen LogP) is 2.29. The predicted molar refractivity (Wildman–Crippen MR) is 77.1 cm³/mol. The zero-order chi connectivity index (χ0) is 14.3. The van der Waals surface area contributed by atoms with Crippen LogP contribution in [0.1, 0.15) is 25.8 Å². The van der Waals surface area contributed by atoms with Gasteiger partial charge in [0, 0.05) is 16.6 Å². The molecule has 1 rings (SSSR count). The maximum Gasteiger partial charge on any atom is 0.237 e. The summed E-state index contributed by atoms with van der Waals surface area (Å²) >= 11 is 0. The number of amides is 1. The van der Waals surface area contributed by atoms with Crippen LogP contribution in [-0.2, 0) is 15.6 Å². The molecule has 0 saturated heterocycles. The van der Waals surface area contributed by atoms with E-state index >= 15 is 0 Å². The van der Waals surface area contributed by atoms with E-state index in [0.29, 0.717) is 22.9 Å². The van der Waals surface area contributed by atoms with Gasteiger partial charge in [-0.3, -0.25) is 9.00 Å². The van der Waals surface area contributed by atoms with E-state index < -0.39 is 10.8 Å². The van der Waals surface area contributed by atoms with Crippen LogP contribution in [0, 0.1) is 17.2 Å². The number of anilines is 1. The second-order valence-corrected chi connectivity index (χ2v) is 5.97. The van der Waals surface area contributed by atoms with Crippen LogP contribution in [0.4, 0.5) is 5.69 Å². The number of carbonyl (C=O) groups excluding carboxylic acids is 1. The monoisotopic (exact) mass is 278 g/mol. The number of benzene rings is 1. The first kappa shape index (κ1) is 15.4. The molecule has 1 N–H and O–H groups in total. The van der Waals surface area contributed by atoms with Crippen LogP contribution < -0.4 is 5.32 Å². The van der Waals surface area contributed by atoms with Crippen LogP contribution in [0.3, 0.4) is 0 Å². The lowest BCUT2D eigenvalue weighted by Crippen LogP contribution is -2.22. The van der Waals surface area contributed by atoms with E-state index in [1.165, 1.54) is 0 Å². The van der Waals surface area contributed by atoms with Crippen LogP contribution in [0.2, 0.25) is 0 Å². The summed E-state index contributed by atoms with van der Waals surface area (Å²) in [5.41, 5.74) is 0.874. The summed E-state index contributed by atoms with van der Waals surface area (Å²) in [6, 6.07) is 8.77. The quantitative estimate of drug-likeness (QED) is 0.868. The van der Waals surface area contributed by atoms with Crippen molar-refractivity contribution in [3.63, 3.8) is 0 Å². The molecule has 0 bridgehead atoms. The molecule has 0 heterocycles. The number of para-hydroxylation sites is 1. The van der Waals surface area contributed by atoms with Crippen LogP contribution in [0.5, 0.6) is 0 Å². The second-order valence-electron chi connectivity index (χ2n) is 4.47. The molecule has 0 radical (unpaired) electrons. The topological polar surface area (TPSA) is 70.0 Å². The Bertz CT molecular complexity index is 508. The maximum atomic E-state index is 11.8. The third-order valence-electron chi connectivity index (χ3n) is 2.78. The summed E-state index contributed by atoms with van der Waals surface area (Å²) in [5.74, 6) is 0.540. The molecule has 1 aromatic rings. The van der Waals surface area contributed by atoms with Crippen molar-refractivity contribution < 1.29 is 9.00 Å². The lowest BCUT2D eigenvalue weighted by Gasteiger charge is -2.09. The molecule has 0 aromatic heterocycles. The van der Waals surface area contributed by atoms with E-state index in [0.717, 1.165) is 6.42 Å². The molecule has 19 heavy (non-hydrogen) atoms. The molecule has 0 spiro atoms. The van der Waals surface area contributed by atoms with Gasteiger partial charge in [-0.15, -0.1) is 0 Å². The Labute approximate surface area is 116 Å². The summed E-state index contributed by atoms with van der Waals surface area (Å²) < 4.78 is 11.8. The molecule has 2 unspecified atom stereocenters. The summed E-state index contributed by atoms with van der Waals surface area (Å²) in [5, 5.41) is 11.5. The van der Waals surface area contributed by atoms with Crippen molar-refractivity contribution in [1.82, 2.24) is 0 Å². The van der Waals surface area contributed by atoms with Gasteiger partial charge in [-0.25, -0.2) is 0 Å². The van der Waals surface area contributed by atoms with Crippen molar-refractivity contribution >= 4 is 22.4 Å². The number of nitrogens with one attached hydrogen (secondary N) is 1. The molecular formula is C14H18N2O2S. The Kier molecular flexibility index (Phi) is 6.23. The van der Waals surface area contributed by atoms with Gasteiger partial charge in [-0.1, -0.05) is 32.4 Å². The fourth-order valence-electron chi connectivity index (χ4n) is 1.52. The first-order valence-electron chi connectivity index (χ1n) is 6.20. The zero-order valence-electron chi connectivity index (χ0n) is 11.2. The van der Waals surface area contributed by atoms with Gasteiger partial charge in [0.05, 0.1) is 11.3 Å². The molecule has 0 aliphatic heterocycles. The van der Waals surface area contributed by atoms with Crippen molar-refractivity contribution in [1.29, 1.82) is 5.26 Å². The van der Waals surface area contributed by atoms with Gasteiger partial charge in [0.15, 0.2) is 0 Å². The van der Waals surface area contributed by atoms with Crippen LogP contribution in [0.15, 0.2) is 24.3 Å². The lowest BCUT2D eigenvalue weighted by atomic mass is 10.2. The average molecular weight is 278 g/mol. The first-order chi connectivity index (χ1) is 9.06. The molecular weight excluding hydrogens is 260 g/mol. The van der Waals surface area contributed by atoms with Gasteiger partial charge in [-0.2, -0.15) is 5.26 Å². The van der Waals surface area contributed by atoms with Crippen LogP contribution >= 0.6 is 0 Å². The van der Waals surface area contributed by atoms with Gasteiger partial charge >= 0.3 is 0 Å². The van der Waals surface area contributed by atoms with E-state index in [4.69, 9.17) is 5.26 Å². The summed E-state index contributed by atoms with van der Waals surface area (Å²) in [6.07, 6.45) is 0.949. The summed E-state index contributed by atoms with van der Waals surface area (Å²) in [6.45, 7) is 4.05. The fourth-order valence-corrected chi connectivity index (χ4v) is 2.87. The molecule has 4 nitrogen and oxygen atoms in total. The highest BCUT2D eigenvalue weighted by Gasteiger charge is 2.12. The fraction of sp³-hybridized carbons (Fsp3) is 0.429. The maximum absolute atomic E-state index is 11.8. The Hall–Kier alpha value is -1.67. The molecule has 0 fully saturated rings. The second kappa shape index (κ2) is 7.70. The molecule has 0 saturated carbocycles. The van der Waals surface area contributed by atoms with Crippen molar-refractivity contribution in [3.05, 3.63) is 29.8 Å². The minimum Gasteiger partial charge on any atom is -0.324 e. The highest BCUT2D eigenvalue weighted by atomic mass is 32.2. The minimum absolute atomic E-state index is 0.0237. The van der Waals surface area contributed by atoms with Crippen molar-refractivity contribution in [2.75, 3.05) is 16.8 Å². The van der Waals surface area contributed by atoms with Crippen LogP contribution in [0.25, 0.3) is 0 Å². The highest BCUT2D eigenvalue weighted by Crippen LogP contribution is 2.13. The number of hydrogen-bond donors (Lipinski definition) is 1. The van der Waals surface area contributed by atoms with Crippen molar-refractivity contribution in [2.45, 2.75) is 20.3 Å². The molecule has 102 valence electrons. The Balaban J connectivity index is 2.56. The van der Waals surface area contributed by atoms with Crippen molar-refractivity contribution in [2.24, 2.45) is 5.92 Å². The number of rotatable bonds is 6. The standard InChI is InChI=1S/C14H18N2O2S/c1-3-11(2)9-19(18)10-14(17)16-13-7-5-4-6-12(13)8-15/h4-7,11H,3,9-10H2,1-2H3,(H,16,17).